The fourth-order valence-corrected chi connectivity index (χ4v) is 2.46. The van der Waals surface area contributed by atoms with Crippen molar-refractivity contribution < 1.29 is 24.9 Å². The third kappa shape index (κ3) is 2.25. The van der Waals surface area contributed by atoms with E-state index >= 15 is 0 Å². The number of rotatable bonds is 1. The lowest BCUT2D eigenvalue weighted by atomic mass is 9.95. The van der Waals surface area contributed by atoms with Gasteiger partial charge in [-0.25, -0.2) is 0 Å². The number of ether oxygens (including phenoxy) is 1. The van der Waals surface area contributed by atoms with E-state index in [0.29, 0.717) is 5.56 Å². The van der Waals surface area contributed by atoms with Gasteiger partial charge in [-0.3, -0.25) is 4.79 Å². The van der Waals surface area contributed by atoms with Crippen molar-refractivity contribution in [3.05, 3.63) is 46.5 Å². The number of benzene rings is 2. The molecule has 6 heteroatoms. The number of aromatic hydroxyl groups is 3. The Morgan fingerprint density at radius 1 is 1.14 bits per heavy atom. The normalized spacial score (nSPS) is 17.2. The molecule has 21 heavy (non-hydrogen) atoms. The van der Waals surface area contributed by atoms with Gasteiger partial charge in [0.1, 0.15) is 33.9 Å². The van der Waals surface area contributed by atoms with E-state index < -0.39 is 11.9 Å². The molecule has 0 unspecified atom stereocenters. The van der Waals surface area contributed by atoms with Crippen LogP contribution in [-0.4, -0.2) is 21.1 Å². The van der Waals surface area contributed by atoms with E-state index in [1.807, 2.05) is 0 Å². The number of phenolic OH excluding ortho intramolecular Hbond substituents is 3. The lowest BCUT2D eigenvalue weighted by Crippen LogP contribution is -2.20. The van der Waals surface area contributed by atoms with Crippen molar-refractivity contribution in [2.24, 2.45) is 0 Å². The number of fused-ring (bicyclic) bond motifs is 1. The highest BCUT2D eigenvalue weighted by atomic mass is 35.5. The van der Waals surface area contributed by atoms with Crippen molar-refractivity contribution in [3.63, 3.8) is 0 Å². The second-order valence-corrected chi connectivity index (χ2v) is 5.13. The Kier molecular flexibility index (Phi) is 3.14. The zero-order chi connectivity index (χ0) is 15.1. The molecule has 3 rings (SSSR count). The Bertz CT molecular complexity index is 724. The van der Waals surface area contributed by atoms with Crippen molar-refractivity contribution in [1.82, 2.24) is 0 Å². The topological polar surface area (TPSA) is 87.0 Å². The number of carbonyl (C=O) groups is 1. The molecule has 1 atom stereocenters. The van der Waals surface area contributed by atoms with Gasteiger partial charge in [0.05, 0.1) is 6.42 Å². The standard InChI is InChI=1S/C15H11ClO5/c16-14-10(19)6-12-13(15(14)20)9(18)5-11(21-12)7-1-3-8(17)4-2-7/h1-4,6,11,17,19-20H,5H2/t11-/m0/s1. The summed E-state index contributed by atoms with van der Waals surface area (Å²) in [5.74, 6) is -0.950. The first kappa shape index (κ1) is 13.6. The molecule has 2 aromatic carbocycles. The van der Waals surface area contributed by atoms with Crippen LogP contribution >= 0.6 is 11.6 Å². The van der Waals surface area contributed by atoms with Crippen molar-refractivity contribution in [1.29, 1.82) is 0 Å². The van der Waals surface area contributed by atoms with E-state index in [1.165, 1.54) is 18.2 Å². The maximum atomic E-state index is 12.2. The average molecular weight is 307 g/mol. The minimum absolute atomic E-state index is 0.0205. The third-order valence-electron chi connectivity index (χ3n) is 3.37. The summed E-state index contributed by atoms with van der Waals surface area (Å²) >= 11 is 5.72. The monoisotopic (exact) mass is 306 g/mol. The summed E-state index contributed by atoms with van der Waals surface area (Å²) in [5, 5.41) is 28.5. The number of ketones is 1. The van der Waals surface area contributed by atoms with Crippen LogP contribution in [0.3, 0.4) is 0 Å². The first-order chi connectivity index (χ1) is 9.97. The highest BCUT2D eigenvalue weighted by Gasteiger charge is 2.32. The Labute approximate surface area is 125 Å². The summed E-state index contributed by atoms with van der Waals surface area (Å²) in [6.45, 7) is 0. The molecule has 0 amide bonds. The third-order valence-corrected chi connectivity index (χ3v) is 3.74. The largest absolute Gasteiger partial charge is 0.508 e. The molecule has 0 fully saturated rings. The summed E-state index contributed by atoms with van der Waals surface area (Å²) in [6.07, 6.45) is -0.516. The second-order valence-electron chi connectivity index (χ2n) is 4.76. The van der Waals surface area contributed by atoms with Gasteiger partial charge in [-0.05, 0) is 17.7 Å². The first-order valence-electron chi connectivity index (χ1n) is 6.20. The number of halogens is 1. The van der Waals surface area contributed by atoms with Crippen molar-refractivity contribution in [3.8, 4) is 23.0 Å². The predicted molar refractivity (Wildman–Crippen MR) is 75.2 cm³/mol. The molecule has 0 aliphatic carbocycles. The van der Waals surface area contributed by atoms with E-state index in [9.17, 15) is 20.1 Å². The molecule has 0 radical (unpaired) electrons. The van der Waals surface area contributed by atoms with Crippen molar-refractivity contribution in [2.75, 3.05) is 0 Å². The lowest BCUT2D eigenvalue weighted by molar-refractivity contribution is 0.0845. The fraction of sp³-hybridized carbons (Fsp3) is 0.133. The molecule has 1 aliphatic rings. The maximum absolute atomic E-state index is 12.2. The minimum Gasteiger partial charge on any atom is -0.508 e. The molecule has 3 N–H and O–H groups in total. The molecule has 1 aliphatic heterocycles. The van der Waals surface area contributed by atoms with Crippen molar-refractivity contribution >= 4 is 17.4 Å². The SMILES string of the molecule is O=C1C[C@@H](c2ccc(O)cc2)Oc2cc(O)c(Cl)c(O)c21. The summed E-state index contributed by atoms with van der Waals surface area (Å²) in [7, 11) is 0. The molecule has 1 heterocycles. The Morgan fingerprint density at radius 2 is 1.81 bits per heavy atom. The van der Waals surface area contributed by atoms with Crippen LogP contribution in [0.1, 0.15) is 28.4 Å². The zero-order valence-corrected chi connectivity index (χ0v) is 11.5. The molecule has 5 nitrogen and oxygen atoms in total. The van der Waals surface area contributed by atoms with Gasteiger partial charge in [-0.1, -0.05) is 23.7 Å². The number of carbonyl (C=O) groups excluding carboxylic acids is 1. The number of hydrogen-bond donors (Lipinski definition) is 3. The number of hydrogen-bond acceptors (Lipinski definition) is 5. The van der Waals surface area contributed by atoms with Crippen LogP contribution in [0.4, 0.5) is 0 Å². The van der Waals surface area contributed by atoms with Gasteiger partial charge in [0.15, 0.2) is 11.5 Å². The van der Waals surface area contributed by atoms with Gasteiger partial charge in [-0.2, -0.15) is 0 Å². The molecule has 0 spiro atoms. The number of phenols is 3. The van der Waals surface area contributed by atoms with E-state index in [1.54, 1.807) is 12.1 Å². The Hall–Kier alpha value is -2.40. The first-order valence-corrected chi connectivity index (χ1v) is 6.58. The molecule has 0 bridgehead atoms. The van der Waals surface area contributed by atoms with Gasteiger partial charge < -0.3 is 20.1 Å². The summed E-state index contributed by atoms with van der Waals surface area (Å²) in [5.41, 5.74) is 0.688. The van der Waals surface area contributed by atoms with Crippen LogP contribution < -0.4 is 4.74 Å². The van der Waals surface area contributed by atoms with Crippen LogP contribution in [0.15, 0.2) is 30.3 Å². The molecule has 0 saturated heterocycles. The Morgan fingerprint density at radius 3 is 2.48 bits per heavy atom. The summed E-state index contributed by atoms with van der Waals surface area (Å²) in [4.78, 5) is 12.2. The molecule has 108 valence electrons. The summed E-state index contributed by atoms with van der Waals surface area (Å²) in [6, 6.07) is 7.49. The lowest BCUT2D eigenvalue weighted by Gasteiger charge is -2.26. The van der Waals surface area contributed by atoms with E-state index in [-0.39, 0.29) is 40.0 Å². The van der Waals surface area contributed by atoms with Gasteiger partial charge in [0.2, 0.25) is 0 Å². The van der Waals surface area contributed by atoms with Crippen LogP contribution in [0.25, 0.3) is 0 Å². The molecular formula is C15H11ClO5. The van der Waals surface area contributed by atoms with Crippen LogP contribution in [0.5, 0.6) is 23.0 Å². The zero-order valence-electron chi connectivity index (χ0n) is 10.7. The van der Waals surface area contributed by atoms with Gasteiger partial charge in [-0.15, -0.1) is 0 Å². The van der Waals surface area contributed by atoms with Crippen LogP contribution in [0, 0.1) is 0 Å². The van der Waals surface area contributed by atoms with E-state index in [4.69, 9.17) is 16.3 Å². The quantitative estimate of drug-likeness (QED) is 0.753. The maximum Gasteiger partial charge on any atom is 0.174 e. The van der Waals surface area contributed by atoms with Crippen LogP contribution in [-0.2, 0) is 0 Å². The van der Waals surface area contributed by atoms with Crippen molar-refractivity contribution in [2.45, 2.75) is 12.5 Å². The van der Waals surface area contributed by atoms with Gasteiger partial charge in [0, 0.05) is 6.07 Å². The number of Topliss-reactive ketones (excluding diaryl/α,β-unsaturated/α-hetero) is 1. The Balaban J connectivity index is 2.03. The molecule has 0 aromatic heterocycles. The highest BCUT2D eigenvalue weighted by Crippen LogP contribution is 2.46. The molecular weight excluding hydrogens is 296 g/mol. The average Bonchev–Trinajstić information content (AvgIpc) is 2.45. The highest BCUT2D eigenvalue weighted by molar-refractivity contribution is 6.34. The van der Waals surface area contributed by atoms with E-state index in [0.717, 1.165) is 0 Å². The minimum atomic E-state index is -0.550. The van der Waals surface area contributed by atoms with Gasteiger partial charge in [0.25, 0.3) is 0 Å². The smallest absolute Gasteiger partial charge is 0.174 e. The molecule has 0 saturated carbocycles. The second kappa shape index (κ2) is 4.86. The summed E-state index contributed by atoms with van der Waals surface area (Å²) < 4.78 is 5.66. The predicted octanol–water partition coefficient (Wildman–Crippen LogP) is 3.16. The fourth-order valence-electron chi connectivity index (χ4n) is 2.31. The molecule has 2 aromatic rings. The van der Waals surface area contributed by atoms with E-state index in [2.05, 4.69) is 0 Å². The van der Waals surface area contributed by atoms with Crippen LogP contribution in [0.2, 0.25) is 5.02 Å². The van der Waals surface area contributed by atoms with Gasteiger partial charge >= 0.3 is 0 Å².